The van der Waals surface area contributed by atoms with Crippen LogP contribution in [0.1, 0.15) is 70.9 Å². The van der Waals surface area contributed by atoms with E-state index in [1.54, 1.807) is 0 Å². The first-order chi connectivity index (χ1) is 12.5. The number of hydrogen-bond donors (Lipinski definition) is 2. The van der Waals surface area contributed by atoms with E-state index in [-0.39, 0.29) is 16.7 Å². The summed E-state index contributed by atoms with van der Waals surface area (Å²) in [5.41, 5.74) is 1.82. The Morgan fingerprint density at radius 3 is 1.81 bits per heavy atom. The van der Waals surface area contributed by atoms with E-state index in [4.69, 9.17) is 10.2 Å². The van der Waals surface area contributed by atoms with Gasteiger partial charge in [-0.25, -0.2) is 9.59 Å². The van der Waals surface area contributed by atoms with Gasteiger partial charge in [-0.3, -0.25) is 0 Å². The molecule has 2 aromatic rings. The molecule has 0 aliphatic carbocycles. The molecule has 0 saturated carbocycles. The molecule has 0 unspecified atom stereocenters. The van der Waals surface area contributed by atoms with Crippen molar-refractivity contribution < 1.29 is 19.8 Å². The Balaban J connectivity index is 0.000000260. The van der Waals surface area contributed by atoms with Crippen LogP contribution in [0.2, 0.25) is 0 Å². The summed E-state index contributed by atoms with van der Waals surface area (Å²) in [6.07, 6.45) is 8.14. The first kappa shape index (κ1) is 21.4. The number of carbonyl (C=O) groups is 2. The monoisotopic (exact) mass is 356 g/mol. The number of benzene rings is 2. The Bertz CT molecular complexity index is 660. The highest BCUT2D eigenvalue weighted by molar-refractivity contribution is 5.96. The fourth-order valence-electron chi connectivity index (χ4n) is 2.68. The molecule has 0 bridgehead atoms. The van der Waals surface area contributed by atoms with Gasteiger partial charge < -0.3 is 10.2 Å². The average Bonchev–Trinajstić information content (AvgIpc) is 2.62. The number of aromatic carboxylic acids is 2. The fourth-order valence-corrected chi connectivity index (χ4v) is 2.68. The van der Waals surface area contributed by atoms with Gasteiger partial charge in [-0.1, -0.05) is 69.0 Å². The van der Waals surface area contributed by atoms with Crippen molar-refractivity contribution in [3.63, 3.8) is 0 Å². The maximum Gasteiger partial charge on any atom is 0.335 e. The second-order valence-corrected chi connectivity index (χ2v) is 6.24. The molecular formula is C22H28O4. The lowest BCUT2D eigenvalue weighted by Crippen LogP contribution is -2.06. The minimum Gasteiger partial charge on any atom is -0.478 e. The lowest BCUT2D eigenvalue weighted by Gasteiger charge is -2.03. The molecule has 4 nitrogen and oxygen atoms in total. The molecule has 2 aromatic carbocycles. The van der Waals surface area contributed by atoms with Gasteiger partial charge in [-0.2, -0.15) is 0 Å². The number of rotatable bonds is 8. The average molecular weight is 356 g/mol. The predicted molar refractivity (Wildman–Crippen MR) is 104 cm³/mol. The molecule has 0 saturated heterocycles. The highest BCUT2D eigenvalue weighted by atomic mass is 16.4. The second-order valence-electron chi connectivity index (χ2n) is 6.24. The minimum atomic E-state index is -1.11. The van der Waals surface area contributed by atoms with Crippen molar-refractivity contribution in [2.75, 3.05) is 0 Å². The SMILES string of the molecule is CCCCCCCc1ccccc1.Cc1c(C(=O)O)cccc1C(=O)O. The lowest BCUT2D eigenvalue weighted by molar-refractivity contribution is 0.0696. The van der Waals surface area contributed by atoms with Gasteiger partial charge in [0.25, 0.3) is 0 Å². The molecule has 0 atom stereocenters. The van der Waals surface area contributed by atoms with Crippen LogP contribution >= 0.6 is 0 Å². The van der Waals surface area contributed by atoms with Crippen LogP contribution in [0, 0.1) is 6.92 Å². The predicted octanol–water partition coefficient (Wildman–Crippen LogP) is 5.59. The Morgan fingerprint density at radius 1 is 0.769 bits per heavy atom. The Hall–Kier alpha value is -2.62. The van der Waals surface area contributed by atoms with E-state index < -0.39 is 11.9 Å². The van der Waals surface area contributed by atoms with Crippen LogP contribution in [0.3, 0.4) is 0 Å². The molecule has 0 spiro atoms. The smallest absolute Gasteiger partial charge is 0.335 e. The summed E-state index contributed by atoms with van der Waals surface area (Å²) in [6.45, 7) is 3.74. The molecule has 0 radical (unpaired) electrons. The summed E-state index contributed by atoms with van der Waals surface area (Å²) in [6, 6.07) is 15.0. The molecule has 0 amide bonds. The van der Waals surface area contributed by atoms with E-state index in [0.717, 1.165) is 0 Å². The van der Waals surface area contributed by atoms with Crippen LogP contribution in [0.4, 0.5) is 0 Å². The quantitative estimate of drug-likeness (QED) is 0.605. The van der Waals surface area contributed by atoms with Gasteiger partial charge in [0.05, 0.1) is 11.1 Å². The van der Waals surface area contributed by atoms with Crippen LogP contribution in [-0.2, 0) is 6.42 Å². The summed E-state index contributed by atoms with van der Waals surface area (Å²) in [7, 11) is 0. The van der Waals surface area contributed by atoms with Crippen molar-refractivity contribution in [3.8, 4) is 0 Å². The lowest BCUT2D eigenvalue weighted by atomic mass is 10.0. The molecular weight excluding hydrogens is 328 g/mol. The molecule has 26 heavy (non-hydrogen) atoms. The topological polar surface area (TPSA) is 74.6 Å². The third-order valence-corrected chi connectivity index (χ3v) is 4.21. The minimum absolute atomic E-state index is 0.0277. The highest BCUT2D eigenvalue weighted by Crippen LogP contribution is 2.13. The van der Waals surface area contributed by atoms with Crippen molar-refractivity contribution in [3.05, 3.63) is 70.8 Å². The van der Waals surface area contributed by atoms with E-state index in [2.05, 4.69) is 37.3 Å². The zero-order valence-corrected chi connectivity index (χ0v) is 15.6. The van der Waals surface area contributed by atoms with Gasteiger partial charge >= 0.3 is 11.9 Å². The van der Waals surface area contributed by atoms with Crippen molar-refractivity contribution in [1.82, 2.24) is 0 Å². The third-order valence-electron chi connectivity index (χ3n) is 4.21. The van der Waals surface area contributed by atoms with E-state index >= 15 is 0 Å². The molecule has 2 N–H and O–H groups in total. The van der Waals surface area contributed by atoms with Crippen LogP contribution in [-0.4, -0.2) is 22.2 Å². The normalized spacial score (nSPS) is 9.92. The molecule has 140 valence electrons. The van der Waals surface area contributed by atoms with Crippen molar-refractivity contribution in [2.45, 2.75) is 52.4 Å². The first-order valence-corrected chi connectivity index (χ1v) is 9.07. The fraction of sp³-hybridized carbons (Fsp3) is 0.364. The standard InChI is InChI=1S/C13H20.C9H8O4/c1-2-3-4-5-7-10-13-11-8-6-9-12-13;1-5-6(8(10)11)3-2-4-7(5)9(12)13/h6,8-9,11-12H,2-5,7,10H2,1H3;2-4H,1H3,(H,10,11)(H,12,13). The maximum atomic E-state index is 10.6. The molecule has 2 rings (SSSR count). The zero-order valence-electron chi connectivity index (χ0n) is 15.6. The zero-order chi connectivity index (χ0) is 19.4. The molecule has 0 aliphatic heterocycles. The molecule has 0 fully saturated rings. The van der Waals surface area contributed by atoms with Crippen molar-refractivity contribution in [1.29, 1.82) is 0 Å². The summed E-state index contributed by atoms with van der Waals surface area (Å²) in [5.74, 6) is -2.22. The van der Waals surface area contributed by atoms with Crippen LogP contribution in [0.15, 0.2) is 48.5 Å². The number of hydrogen-bond acceptors (Lipinski definition) is 2. The molecule has 0 aliphatic rings. The summed E-state index contributed by atoms with van der Waals surface area (Å²) < 4.78 is 0. The Morgan fingerprint density at radius 2 is 1.31 bits per heavy atom. The maximum absolute atomic E-state index is 10.6. The van der Waals surface area contributed by atoms with Gasteiger partial charge in [-0.15, -0.1) is 0 Å². The van der Waals surface area contributed by atoms with Crippen molar-refractivity contribution in [2.24, 2.45) is 0 Å². The van der Waals surface area contributed by atoms with Gasteiger partial charge in [0.1, 0.15) is 0 Å². The highest BCUT2D eigenvalue weighted by Gasteiger charge is 2.13. The van der Waals surface area contributed by atoms with Crippen LogP contribution in [0.25, 0.3) is 0 Å². The van der Waals surface area contributed by atoms with Gasteiger partial charge in [-0.05, 0) is 43.0 Å². The van der Waals surface area contributed by atoms with Crippen LogP contribution < -0.4 is 0 Å². The van der Waals surface area contributed by atoms with Gasteiger partial charge in [0.2, 0.25) is 0 Å². The summed E-state index contributed by atoms with van der Waals surface area (Å²) >= 11 is 0. The summed E-state index contributed by atoms with van der Waals surface area (Å²) in [4.78, 5) is 21.2. The van der Waals surface area contributed by atoms with Crippen LogP contribution in [0.5, 0.6) is 0 Å². The molecule has 0 aromatic heterocycles. The summed E-state index contributed by atoms with van der Waals surface area (Å²) in [5, 5.41) is 17.4. The largest absolute Gasteiger partial charge is 0.478 e. The van der Waals surface area contributed by atoms with Crippen molar-refractivity contribution >= 4 is 11.9 Å². The van der Waals surface area contributed by atoms with Gasteiger partial charge in [0.15, 0.2) is 0 Å². The molecule has 0 heterocycles. The third kappa shape index (κ3) is 7.51. The first-order valence-electron chi connectivity index (χ1n) is 9.07. The number of carboxylic acid groups (broad SMARTS) is 2. The Kier molecular flexibility index (Phi) is 9.77. The van der Waals surface area contributed by atoms with E-state index in [0.29, 0.717) is 0 Å². The van der Waals surface area contributed by atoms with E-state index in [9.17, 15) is 9.59 Å². The number of unbranched alkanes of at least 4 members (excludes halogenated alkanes) is 4. The van der Waals surface area contributed by atoms with E-state index in [1.165, 1.54) is 69.2 Å². The van der Waals surface area contributed by atoms with E-state index in [1.807, 2.05) is 0 Å². The second kappa shape index (κ2) is 11.9. The number of aryl methyl sites for hydroxylation is 1. The molecule has 4 heteroatoms. The Labute approximate surface area is 155 Å². The van der Waals surface area contributed by atoms with Gasteiger partial charge in [0, 0.05) is 0 Å². The number of carboxylic acids is 2.